The number of thioether (sulfide) groups is 1. The molecular weight excluding hydrogens is 638 g/mol. The van der Waals surface area contributed by atoms with Gasteiger partial charge >= 0.3 is 11.9 Å². The normalized spacial score (nSPS) is 19.0. The van der Waals surface area contributed by atoms with Gasteiger partial charge in [0.15, 0.2) is 29.1 Å². The molecule has 0 aliphatic carbocycles. The molecule has 2 unspecified atom stereocenters. The zero-order valence-electron chi connectivity index (χ0n) is 23.3. The number of fused-ring (bicyclic) bond motifs is 2. The van der Waals surface area contributed by atoms with Crippen molar-refractivity contribution < 1.29 is 38.8 Å². The lowest BCUT2D eigenvalue weighted by Gasteiger charge is -2.49. The van der Waals surface area contributed by atoms with Crippen molar-refractivity contribution in [2.75, 3.05) is 25.1 Å². The predicted molar refractivity (Wildman–Crippen MR) is 160 cm³/mol. The lowest BCUT2D eigenvalue weighted by Crippen LogP contribution is -2.71. The number of hydrogen-bond donors (Lipinski definition) is 5. The van der Waals surface area contributed by atoms with Crippen molar-refractivity contribution in [3.63, 3.8) is 0 Å². The van der Waals surface area contributed by atoms with Crippen LogP contribution in [0.5, 0.6) is 0 Å². The number of anilines is 1. The van der Waals surface area contributed by atoms with E-state index in [1.165, 1.54) is 18.7 Å². The number of aliphatic carboxylic acids is 2. The molecule has 232 valence electrons. The summed E-state index contributed by atoms with van der Waals surface area (Å²) in [5.74, 6) is -3.91. The minimum atomic E-state index is -1.41. The number of halogens is 1. The van der Waals surface area contributed by atoms with Crippen LogP contribution in [-0.2, 0) is 37.1 Å². The fourth-order valence-electron chi connectivity index (χ4n) is 4.62. The number of nitrogens with one attached hydrogen (secondary N) is 2. The van der Waals surface area contributed by atoms with E-state index in [1.54, 1.807) is 4.68 Å². The lowest BCUT2D eigenvalue weighted by atomic mass is 10.0. The monoisotopic (exact) mass is 664 g/mol. The molecule has 3 atom stereocenters. The maximum Gasteiger partial charge on any atom is 0.352 e. The average molecular weight is 665 g/mol. The summed E-state index contributed by atoms with van der Waals surface area (Å²) in [6.07, 6.45) is 2.30. The molecule has 1 fully saturated rings. The summed E-state index contributed by atoms with van der Waals surface area (Å²) in [6.45, 7) is 2.79. The van der Waals surface area contributed by atoms with Gasteiger partial charge in [0.1, 0.15) is 27.1 Å². The number of carbonyl (C=O) groups excluding carboxylic acids is 2. The number of oxime groups is 1. The number of nitrogens with zero attached hydrogens (tertiary/aromatic N) is 6. The van der Waals surface area contributed by atoms with Crippen LogP contribution in [0, 0.1) is 0 Å². The zero-order valence-corrected chi connectivity index (χ0v) is 25.6. The second-order valence-electron chi connectivity index (χ2n) is 9.72. The van der Waals surface area contributed by atoms with Crippen LogP contribution in [0.4, 0.5) is 5.13 Å². The highest BCUT2D eigenvalue weighted by Crippen LogP contribution is 2.40. The maximum absolute atomic E-state index is 13.3. The van der Waals surface area contributed by atoms with Crippen molar-refractivity contribution in [3.8, 4) is 0 Å². The Bertz CT molecular complexity index is 1720. The number of carboxylic acids is 2. The van der Waals surface area contributed by atoms with E-state index in [-0.39, 0.29) is 33.2 Å². The number of β-lactam (4-membered cyclic amide) rings is 1. The number of rotatable bonds is 12. The van der Waals surface area contributed by atoms with E-state index >= 15 is 0 Å². The second kappa shape index (κ2) is 12.8. The van der Waals surface area contributed by atoms with Gasteiger partial charge in [-0.25, -0.2) is 14.6 Å². The quantitative estimate of drug-likeness (QED) is 0.0740. The number of nitrogen functional groups attached to an aromatic ring is 1. The fourth-order valence-corrected chi connectivity index (χ4v) is 6.88. The predicted octanol–water partition coefficient (Wildman–Crippen LogP) is -0.132. The number of likely N-dealkylation sites (N-methyl/N-ethyl adjacent to an activating group) is 1. The third-order valence-electron chi connectivity index (χ3n) is 6.78. The van der Waals surface area contributed by atoms with Crippen LogP contribution >= 0.6 is 34.7 Å². The Morgan fingerprint density at radius 1 is 1.36 bits per heavy atom. The van der Waals surface area contributed by atoms with E-state index in [0.717, 1.165) is 33.8 Å². The Kier molecular flexibility index (Phi) is 9.05. The van der Waals surface area contributed by atoms with Crippen LogP contribution in [-0.4, -0.2) is 96.2 Å². The fraction of sp³-hybridized carbons (Fsp3) is 0.360. The van der Waals surface area contributed by atoms with E-state index in [0.29, 0.717) is 12.1 Å². The first-order chi connectivity index (χ1) is 21.0. The highest BCUT2D eigenvalue weighted by atomic mass is 35.5. The Labute approximate surface area is 262 Å². The SMILES string of the molecule is CNCCn1cc2c(ccc[n+]2CC2=C(C(=O)O)N3C(=O)C(NC(=O)/C(=N\O[C@@H](C)C(=O)O)c4nc(N)sc4Cl)C3SC2)n1. The number of hydrogen-bond acceptors (Lipinski definition) is 12. The number of amides is 2. The summed E-state index contributed by atoms with van der Waals surface area (Å²) in [5.41, 5.74) is 6.97. The molecule has 0 aromatic carbocycles. The highest BCUT2D eigenvalue weighted by Gasteiger charge is 2.55. The topological polar surface area (TPSA) is 218 Å². The van der Waals surface area contributed by atoms with Gasteiger partial charge in [0.25, 0.3) is 17.3 Å². The molecule has 1 saturated heterocycles. The number of carboxylic acid groups (broad SMARTS) is 2. The van der Waals surface area contributed by atoms with Crippen molar-refractivity contribution in [2.24, 2.45) is 5.16 Å². The molecule has 16 nitrogen and oxygen atoms in total. The number of nitrogens with two attached hydrogens (primary N) is 1. The van der Waals surface area contributed by atoms with Gasteiger partial charge < -0.3 is 31.4 Å². The summed E-state index contributed by atoms with van der Waals surface area (Å²) in [5, 5.41) is 32.4. The summed E-state index contributed by atoms with van der Waals surface area (Å²) >= 11 is 8.32. The smallest absolute Gasteiger partial charge is 0.352 e. The minimum absolute atomic E-state index is 0.00239. The molecule has 0 radical (unpaired) electrons. The standard InChI is InChI=1S/C25H26ClN9O7S2/c1-11(23(38)39)42-32-16(15-19(26)44-25(27)30-15)20(36)29-17-21(37)35-18(24(40)41)12(10-43-22(17)35)8-33-6-3-4-13-14(33)9-34(31-13)7-5-28-2/h3-4,6,9,11,17,22,28H,5,7-8,10H2,1-2H3,(H4-,27,29,30,36,38,39,40,41)/p+1/b32-16-/t11-,17?,22?/m0/s1. The summed E-state index contributed by atoms with van der Waals surface area (Å²) < 4.78 is 3.68. The van der Waals surface area contributed by atoms with Crippen molar-refractivity contribution in [1.29, 1.82) is 0 Å². The summed E-state index contributed by atoms with van der Waals surface area (Å²) in [6, 6.07) is 2.58. The molecule has 3 aromatic rings. The molecule has 0 spiro atoms. The van der Waals surface area contributed by atoms with Crippen LogP contribution in [0.15, 0.2) is 41.0 Å². The van der Waals surface area contributed by atoms with Crippen molar-refractivity contribution in [3.05, 3.63) is 45.8 Å². The molecule has 5 rings (SSSR count). The minimum Gasteiger partial charge on any atom is -0.478 e. The highest BCUT2D eigenvalue weighted by molar-refractivity contribution is 8.00. The average Bonchev–Trinajstić information content (AvgIpc) is 3.56. The van der Waals surface area contributed by atoms with Crippen molar-refractivity contribution >= 4 is 80.3 Å². The van der Waals surface area contributed by atoms with Crippen LogP contribution in [0.2, 0.25) is 4.34 Å². The second-order valence-corrected chi connectivity index (χ2v) is 12.5. The van der Waals surface area contributed by atoms with Crippen LogP contribution in [0.3, 0.4) is 0 Å². The summed E-state index contributed by atoms with van der Waals surface area (Å²) in [4.78, 5) is 60.3. The first kappa shape index (κ1) is 31.2. The molecule has 44 heavy (non-hydrogen) atoms. The first-order valence-electron chi connectivity index (χ1n) is 13.1. The molecule has 0 bridgehead atoms. The molecule has 2 amide bonds. The molecule has 2 aliphatic heterocycles. The third kappa shape index (κ3) is 6.05. The molecule has 3 aromatic heterocycles. The molecule has 2 aliphatic rings. The van der Waals surface area contributed by atoms with Gasteiger partial charge in [-0.1, -0.05) is 28.1 Å². The Morgan fingerprint density at radius 3 is 2.80 bits per heavy atom. The number of thiazole rings is 1. The molecule has 6 N–H and O–H groups in total. The van der Waals surface area contributed by atoms with E-state index in [4.69, 9.17) is 27.3 Å². The molecule has 5 heterocycles. The molecular formula is C25H27ClN9O7S2+. The van der Waals surface area contributed by atoms with Crippen LogP contribution < -0.4 is 20.9 Å². The van der Waals surface area contributed by atoms with E-state index in [1.807, 2.05) is 36.1 Å². The number of pyridine rings is 1. The number of carbonyl (C=O) groups is 4. The van der Waals surface area contributed by atoms with Crippen LogP contribution in [0.25, 0.3) is 11.0 Å². The number of aromatic nitrogens is 4. The van der Waals surface area contributed by atoms with Gasteiger partial charge in [0.2, 0.25) is 6.10 Å². The Hall–Kier alpha value is -4.26. The van der Waals surface area contributed by atoms with E-state index in [9.17, 15) is 24.3 Å². The Morgan fingerprint density at radius 2 is 2.14 bits per heavy atom. The third-order valence-corrected chi connectivity index (χ3v) is 9.20. The Balaban J connectivity index is 1.38. The maximum atomic E-state index is 13.3. The summed E-state index contributed by atoms with van der Waals surface area (Å²) in [7, 11) is 1.85. The first-order valence-corrected chi connectivity index (χ1v) is 15.3. The van der Waals surface area contributed by atoms with Crippen LogP contribution in [0.1, 0.15) is 12.6 Å². The molecule has 19 heteroatoms. The van der Waals surface area contributed by atoms with E-state index in [2.05, 4.69) is 25.9 Å². The van der Waals surface area contributed by atoms with Gasteiger partial charge in [0.05, 0.1) is 12.7 Å². The largest absolute Gasteiger partial charge is 0.478 e. The van der Waals surface area contributed by atoms with Gasteiger partial charge in [-0.2, -0.15) is 9.67 Å². The van der Waals surface area contributed by atoms with Gasteiger partial charge in [-0.05, 0) is 20.0 Å². The van der Waals surface area contributed by atoms with Crippen molar-refractivity contribution in [2.45, 2.75) is 37.5 Å². The molecule has 0 saturated carbocycles. The van der Waals surface area contributed by atoms with Crippen molar-refractivity contribution in [1.82, 2.24) is 30.3 Å². The van der Waals surface area contributed by atoms with E-state index < -0.39 is 47.0 Å². The van der Waals surface area contributed by atoms with Gasteiger partial charge in [-0.15, -0.1) is 11.8 Å². The lowest BCUT2D eigenvalue weighted by molar-refractivity contribution is -0.663. The zero-order chi connectivity index (χ0) is 31.7. The van der Waals surface area contributed by atoms with Gasteiger partial charge in [-0.3, -0.25) is 19.2 Å². The van der Waals surface area contributed by atoms with Gasteiger partial charge in [0, 0.05) is 23.9 Å².